The van der Waals surface area contributed by atoms with Crippen molar-refractivity contribution in [1.82, 2.24) is 35.1 Å². The number of tetrazole rings is 1. The monoisotopic (exact) mass is 442 g/mol. The van der Waals surface area contributed by atoms with Gasteiger partial charge in [-0.25, -0.2) is 23.1 Å². The highest BCUT2D eigenvalue weighted by molar-refractivity contribution is 7.90. The Morgan fingerprint density at radius 3 is 2.35 bits per heavy atom. The van der Waals surface area contributed by atoms with Gasteiger partial charge in [0.2, 0.25) is 5.95 Å². The van der Waals surface area contributed by atoms with Crippen LogP contribution in [0.2, 0.25) is 0 Å². The van der Waals surface area contributed by atoms with E-state index in [1.165, 1.54) is 4.68 Å². The van der Waals surface area contributed by atoms with Crippen LogP contribution < -0.4 is 4.90 Å². The largest absolute Gasteiger partial charge is 0.338 e. The van der Waals surface area contributed by atoms with Crippen molar-refractivity contribution in [2.45, 2.75) is 37.1 Å². The number of anilines is 1. The second-order valence-corrected chi connectivity index (χ2v) is 9.55. The molecule has 0 amide bonds. The van der Waals surface area contributed by atoms with Crippen molar-refractivity contribution >= 4 is 15.8 Å². The minimum absolute atomic E-state index is 0.0675. The molecule has 3 heterocycles. The third-order valence-electron chi connectivity index (χ3n) is 5.51. The van der Waals surface area contributed by atoms with Gasteiger partial charge in [-0.1, -0.05) is 24.6 Å². The van der Waals surface area contributed by atoms with E-state index in [2.05, 4.69) is 42.2 Å². The highest BCUT2D eigenvalue weighted by atomic mass is 32.2. The number of aryl methyl sites for hydroxylation is 1. The van der Waals surface area contributed by atoms with Gasteiger partial charge in [0.1, 0.15) is 0 Å². The van der Waals surface area contributed by atoms with Crippen LogP contribution in [0.25, 0.3) is 0 Å². The molecule has 0 spiro atoms. The predicted octanol–water partition coefficient (Wildman–Crippen LogP) is 1.48. The van der Waals surface area contributed by atoms with Gasteiger partial charge in [0.05, 0.1) is 10.9 Å². The number of piperazine rings is 1. The molecule has 0 radical (unpaired) electrons. The van der Waals surface area contributed by atoms with Crippen molar-refractivity contribution < 1.29 is 8.42 Å². The van der Waals surface area contributed by atoms with Crippen LogP contribution in [-0.4, -0.2) is 69.7 Å². The molecule has 1 unspecified atom stereocenters. The second kappa shape index (κ2) is 9.06. The summed E-state index contributed by atoms with van der Waals surface area (Å²) in [6.45, 7) is 7.12. The van der Waals surface area contributed by atoms with Crippen LogP contribution in [0.3, 0.4) is 0 Å². The van der Waals surface area contributed by atoms with Crippen LogP contribution in [0.5, 0.6) is 0 Å². The molecular formula is C20H26N8O2S. The lowest BCUT2D eigenvalue weighted by Crippen LogP contribution is -2.48. The molecule has 31 heavy (non-hydrogen) atoms. The first kappa shape index (κ1) is 21.3. The summed E-state index contributed by atoms with van der Waals surface area (Å²) in [7, 11) is -3.56. The molecule has 1 aliphatic heterocycles. The third-order valence-corrected chi connectivity index (χ3v) is 7.08. The molecule has 1 aliphatic rings. The van der Waals surface area contributed by atoms with Crippen molar-refractivity contribution in [1.29, 1.82) is 0 Å². The molecule has 0 bridgehead atoms. The van der Waals surface area contributed by atoms with Gasteiger partial charge in [0.15, 0.2) is 21.5 Å². The molecule has 1 saturated heterocycles. The number of hydrogen-bond acceptors (Lipinski definition) is 9. The van der Waals surface area contributed by atoms with E-state index < -0.39 is 9.84 Å². The van der Waals surface area contributed by atoms with E-state index in [1.54, 1.807) is 42.7 Å². The van der Waals surface area contributed by atoms with Gasteiger partial charge in [-0.05, 0) is 42.0 Å². The second-order valence-electron chi connectivity index (χ2n) is 7.59. The van der Waals surface area contributed by atoms with Crippen LogP contribution in [0, 0.1) is 6.92 Å². The Hall–Kier alpha value is -2.92. The molecule has 11 heteroatoms. The van der Waals surface area contributed by atoms with Gasteiger partial charge in [-0.15, -0.1) is 5.10 Å². The lowest BCUT2D eigenvalue weighted by atomic mass is 10.1. The summed E-state index contributed by atoms with van der Waals surface area (Å²) in [5.74, 6) is 1.01. The molecule has 0 saturated carbocycles. The molecule has 3 aromatic rings. The zero-order valence-electron chi connectivity index (χ0n) is 17.7. The van der Waals surface area contributed by atoms with Crippen molar-refractivity contribution in [2.75, 3.05) is 31.1 Å². The zero-order valence-corrected chi connectivity index (χ0v) is 18.5. The van der Waals surface area contributed by atoms with Gasteiger partial charge >= 0.3 is 0 Å². The van der Waals surface area contributed by atoms with Gasteiger partial charge in [-0.3, -0.25) is 4.90 Å². The number of aromatic nitrogens is 6. The maximum Gasteiger partial charge on any atom is 0.225 e. The quantitative estimate of drug-likeness (QED) is 0.537. The van der Waals surface area contributed by atoms with Crippen molar-refractivity contribution in [3.63, 3.8) is 0 Å². The van der Waals surface area contributed by atoms with Gasteiger partial charge in [-0.2, -0.15) is 0 Å². The summed E-state index contributed by atoms with van der Waals surface area (Å²) in [6, 6.07) is 8.56. The third kappa shape index (κ3) is 4.72. The Kier molecular flexibility index (Phi) is 6.23. The molecule has 10 nitrogen and oxygen atoms in total. The lowest BCUT2D eigenvalue weighted by molar-refractivity contribution is 0.169. The minimum Gasteiger partial charge on any atom is -0.338 e. The standard InChI is InChI=1S/C20H26N8O2S/c1-3-18(26-11-13-27(14-12-26)20-21-9-4-10-22-20)19-23-24-25-28(19)15-31(29,30)17-7-5-16(2)6-8-17/h4-10,18H,3,11-15H2,1-2H3. The maximum absolute atomic E-state index is 12.9. The van der Waals surface area contributed by atoms with E-state index in [9.17, 15) is 8.42 Å². The van der Waals surface area contributed by atoms with Crippen molar-refractivity contribution in [3.8, 4) is 0 Å². The molecule has 2 aromatic heterocycles. The number of benzene rings is 1. The number of rotatable bonds is 7. The van der Waals surface area contributed by atoms with E-state index >= 15 is 0 Å². The average molecular weight is 443 g/mol. The van der Waals surface area contributed by atoms with E-state index in [4.69, 9.17) is 0 Å². The summed E-state index contributed by atoms with van der Waals surface area (Å²) >= 11 is 0. The van der Waals surface area contributed by atoms with Crippen LogP contribution in [0.4, 0.5) is 5.95 Å². The Labute approximate surface area is 181 Å². The molecule has 164 valence electrons. The van der Waals surface area contributed by atoms with Crippen molar-refractivity contribution in [2.24, 2.45) is 0 Å². The van der Waals surface area contributed by atoms with E-state index in [0.717, 1.165) is 44.1 Å². The van der Waals surface area contributed by atoms with Gasteiger partial charge in [0, 0.05) is 38.6 Å². The molecule has 4 rings (SSSR count). The Balaban J connectivity index is 1.48. The molecule has 1 aromatic carbocycles. The van der Waals surface area contributed by atoms with E-state index in [-0.39, 0.29) is 16.8 Å². The first-order chi connectivity index (χ1) is 15.0. The van der Waals surface area contributed by atoms with Crippen molar-refractivity contribution in [3.05, 3.63) is 54.1 Å². The van der Waals surface area contributed by atoms with E-state index in [1.807, 2.05) is 6.92 Å². The Morgan fingerprint density at radius 2 is 1.71 bits per heavy atom. The summed E-state index contributed by atoms with van der Waals surface area (Å²) in [5.41, 5.74) is 1.01. The maximum atomic E-state index is 12.9. The number of nitrogens with zero attached hydrogens (tertiary/aromatic N) is 8. The van der Waals surface area contributed by atoms with E-state index in [0.29, 0.717) is 5.82 Å². The summed E-state index contributed by atoms with van der Waals surface area (Å²) in [6.07, 6.45) is 4.26. The first-order valence-corrected chi connectivity index (χ1v) is 11.9. The Morgan fingerprint density at radius 1 is 1.03 bits per heavy atom. The normalized spacial score (nSPS) is 16.4. The molecular weight excluding hydrogens is 416 g/mol. The zero-order chi connectivity index (χ0) is 21.8. The average Bonchev–Trinajstić information content (AvgIpc) is 3.23. The van der Waals surface area contributed by atoms with Crippen LogP contribution in [0.1, 0.15) is 30.8 Å². The van der Waals surface area contributed by atoms with Crippen LogP contribution in [0.15, 0.2) is 47.6 Å². The smallest absolute Gasteiger partial charge is 0.225 e. The summed E-state index contributed by atoms with van der Waals surface area (Å²) in [4.78, 5) is 13.4. The fourth-order valence-electron chi connectivity index (χ4n) is 3.82. The topological polar surface area (TPSA) is 110 Å². The number of sulfone groups is 1. The fourth-order valence-corrected chi connectivity index (χ4v) is 5.02. The SMILES string of the molecule is CCC(c1nnnn1CS(=O)(=O)c1ccc(C)cc1)N1CCN(c2ncccn2)CC1. The summed E-state index contributed by atoms with van der Waals surface area (Å²) < 4.78 is 27.2. The van der Waals surface area contributed by atoms with Gasteiger partial charge in [0.25, 0.3) is 0 Å². The lowest BCUT2D eigenvalue weighted by Gasteiger charge is -2.38. The Bertz CT molecular complexity index is 1090. The highest BCUT2D eigenvalue weighted by Crippen LogP contribution is 2.25. The molecule has 0 N–H and O–H groups in total. The molecule has 1 atom stereocenters. The van der Waals surface area contributed by atoms with Gasteiger partial charge < -0.3 is 4.90 Å². The van der Waals surface area contributed by atoms with Crippen LogP contribution in [-0.2, 0) is 15.7 Å². The minimum atomic E-state index is -3.56. The predicted molar refractivity (Wildman–Crippen MR) is 115 cm³/mol. The first-order valence-electron chi connectivity index (χ1n) is 10.3. The molecule has 0 aliphatic carbocycles. The summed E-state index contributed by atoms with van der Waals surface area (Å²) in [5, 5.41) is 12.0. The number of hydrogen-bond donors (Lipinski definition) is 0. The molecule has 1 fully saturated rings. The van der Waals surface area contributed by atoms with Crippen LogP contribution >= 0.6 is 0 Å². The fraction of sp³-hybridized carbons (Fsp3) is 0.450. The highest BCUT2D eigenvalue weighted by Gasteiger charge is 2.30.